The largest absolute Gasteiger partial charge is 0.463 e. The van der Waals surface area contributed by atoms with Gasteiger partial charge in [-0.25, -0.2) is 0 Å². The second-order valence-electron chi connectivity index (χ2n) is 25.1. The molecule has 0 radical (unpaired) electrons. The molecule has 20 heteroatoms. The molecule has 0 aromatic rings. The van der Waals surface area contributed by atoms with Gasteiger partial charge in [-0.1, -0.05) is 74.7 Å². The van der Waals surface area contributed by atoms with Crippen LogP contribution < -0.4 is 0 Å². The van der Waals surface area contributed by atoms with E-state index in [0.29, 0.717) is 37.5 Å². The van der Waals surface area contributed by atoms with Crippen LogP contribution in [0.5, 0.6) is 0 Å². The number of carbonyl (C=O) groups is 8. The van der Waals surface area contributed by atoms with Crippen molar-refractivity contribution in [1.29, 1.82) is 0 Å². The summed E-state index contributed by atoms with van der Waals surface area (Å²) in [7, 11) is 0. The van der Waals surface area contributed by atoms with E-state index in [0.717, 1.165) is 66.7 Å². The smallest absolute Gasteiger partial charge is 0.303 e. The van der Waals surface area contributed by atoms with Crippen LogP contribution in [0.2, 0.25) is 0 Å². The Hall–Kier alpha value is -4.40. The maximum atomic E-state index is 13.4. The van der Waals surface area contributed by atoms with Crippen LogP contribution in [0.25, 0.3) is 0 Å². The number of ether oxygens (including phenoxy) is 12. The Kier molecular flexibility index (Phi) is 19.9. The first kappa shape index (κ1) is 62.8. The van der Waals surface area contributed by atoms with E-state index in [1.807, 2.05) is 0 Å². The van der Waals surface area contributed by atoms with E-state index in [2.05, 4.69) is 55.4 Å². The summed E-state index contributed by atoms with van der Waals surface area (Å²) in [6.45, 7) is 28.7. The maximum Gasteiger partial charge on any atom is 0.303 e. The van der Waals surface area contributed by atoms with Crippen molar-refractivity contribution in [2.75, 3.05) is 6.61 Å². The summed E-state index contributed by atoms with van der Waals surface area (Å²) in [5, 5.41) is 0. The predicted molar refractivity (Wildman–Crippen MR) is 276 cm³/mol. The summed E-state index contributed by atoms with van der Waals surface area (Å²) < 4.78 is 75.1. The Balaban J connectivity index is 1.56. The van der Waals surface area contributed by atoms with Gasteiger partial charge in [0.2, 0.25) is 0 Å². The van der Waals surface area contributed by atoms with Gasteiger partial charge in [0.05, 0.1) is 12.2 Å². The van der Waals surface area contributed by atoms with Crippen molar-refractivity contribution in [3.63, 3.8) is 0 Å². The highest BCUT2D eigenvalue weighted by atomic mass is 16.8. The molecule has 6 aliphatic rings. The van der Waals surface area contributed by atoms with Crippen LogP contribution in [0.3, 0.4) is 0 Å². The molecule has 0 amide bonds. The summed E-state index contributed by atoms with van der Waals surface area (Å²) in [6.07, 6.45) is -9.45. The van der Waals surface area contributed by atoms with Gasteiger partial charge in [0, 0.05) is 66.7 Å². The zero-order valence-electron chi connectivity index (χ0n) is 49.2. The van der Waals surface area contributed by atoms with Crippen molar-refractivity contribution in [1.82, 2.24) is 0 Å². The molecule has 0 spiro atoms. The molecule has 0 aromatic heterocycles. The van der Waals surface area contributed by atoms with Gasteiger partial charge in [0.1, 0.15) is 24.9 Å². The Labute approximate surface area is 460 Å². The summed E-state index contributed by atoms with van der Waals surface area (Å²) >= 11 is 0. The van der Waals surface area contributed by atoms with Crippen molar-refractivity contribution in [2.45, 2.75) is 255 Å². The minimum Gasteiger partial charge on any atom is -0.463 e. The number of hydrogen-bond donors (Lipinski definition) is 0. The minimum absolute atomic E-state index is 0.000441. The number of carbonyl (C=O) groups excluding carboxylic acids is 8. The average Bonchev–Trinajstić information content (AvgIpc) is 3.38. The average molecular weight is 1110 g/mol. The van der Waals surface area contributed by atoms with E-state index in [-0.39, 0.29) is 29.8 Å². The minimum atomic E-state index is -1.70. The molecule has 2 aliphatic heterocycles. The highest BCUT2D eigenvalue weighted by molar-refractivity contribution is 5.69. The lowest BCUT2D eigenvalue weighted by Crippen LogP contribution is -2.71. The lowest BCUT2D eigenvalue weighted by Gasteiger charge is -2.72. The van der Waals surface area contributed by atoms with Gasteiger partial charge in [0.15, 0.2) is 49.2 Å². The Morgan fingerprint density at radius 3 is 1.62 bits per heavy atom. The van der Waals surface area contributed by atoms with Gasteiger partial charge in [-0.05, 0) is 91.3 Å². The van der Waals surface area contributed by atoms with Crippen LogP contribution in [0.4, 0.5) is 0 Å². The molecule has 0 N–H and O–H groups in total. The van der Waals surface area contributed by atoms with Gasteiger partial charge in [0.25, 0.3) is 0 Å². The van der Waals surface area contributed by atoms with Crippen LogP contribution in [0.15, 0.2) is 0 Å². The van der Waals surface area contributed by atoms with E-state index < -0.39 is 150 Å². The topological polar surface area (TPSA) is 247 Å². The SMILES string of the molecule is CC(=O)OC[C@H]1O[C@@H](O[C@H]2C[C@]3(C)[C@H](C[C@@H](OC(C)=O)[C@@H]4[C@@H]([C@H](C)CCCC(C)C)CC[C@]43C)[C@@]3(C)CC[C@H](OC(C)=O)C(C)(C)[C@H]23)[C@H](O[C@@H]2O[C@@H](C)[C@H](OC(C)=O)[C@@H](OC(C)=O)[C@H]2OC(C)=O)[C@@H](OC(C)=O)[C@@H]1OC(C)=O. The molecule has 21 atom stereocenters. The summed E-state index contributed by atoms with van der Waals surface area (Å²) in [5.41, 5.74) is -2.31. The third-order valence-electron chi connectivity index (χ3n) is 18.9. The maximum absolute atomic E-state index is 13.4. The van der Waals surface area contributed by atoms with Crippen molar-refractivity contribution in [3.05, 3.63) is 0 Å². The van der Waals surface area contributed by atoms with E-state index in [1.165, 1.54) is 27.7 Å². The number of rotatable bonds is 18. The number of fused-ring (bicyclic) bond motifs is 5. The third-order valence-corrected chi connectivity index (χ3v) is 18.9. The molecular formula is C58H90O20. The molecule has 442 valence electrons. The molecular weight excluding hydrogens is 1020 g/mol. The normalized spacial score (nSPS) is 40.1. The molecule has 6 fully saturated rings. The fraction of sp³-hybridized carbons (Fsp3) is 0.862. The number of esters is 8. The Morgan fingerprint density at radius 2 is 1.06 bits per heavy atom. The van der Waals surface area contributed by atoms with E-state index in [4.69, 9.17) is 56.8 Å². The number of hydrogen-bond acceptors (Lipinski definition) is 20. The molecule has 6 rings (SSSR count). The van der Waals surface area contributed by atoms with Gasteiger partial charge in [-0.2, -0.15) is 0 Å². The highest BCUT2D eigenvalue weighted by Crippen LogP contribution is 2.76. The monoisotopic (exact) mass is 1110 g/mol. The van der Waals surface area contributed by atoms with Crippen molar-refractivity contribution < 1.29 is 95.2 Å². The van der Waals surface area contributed by atoms with Crippen molar-refractivity contribution >= 4 is 47.8 Å². The second kappa shape index (κ2) is 24.8. The molecule has 2 saturated heterocycles. The molecule has 20 nitrogen and oxygen atoms in total. The first-order valence-corrected chi connectivity index (χ1v) is 28.2. The van der Waals surface area contributed by atoms with Crippen LogP contribution in [0.1, 0.15) is 175 Å². The van der Waals surface area contributed by atoms with Crippen molar-refractivity contribution in [3.8, 4) is 0 Å². The predicted octanol–water partition coefficient (Wildman–Crippen LogP) is 7.68. The van der Waals surface area contributed by atoms with Crippen LogP contribution in [-0.2, 0) is 95.2 Å². The molecule has 4 saturated carbocycles. The van der Waals surface area contributed by atoms with Gasteiger partial charge in [-0.3, -0.25) is 38.4 Å². The van der Waals surface area contributed by atoms with Gasteiger partial charge >= 0.3 is 47.8 Å². The van der Waals surface area contributed by atoms with Crippen molar-refractivity contribution in [2.24, 2.45) is 57.2 Å². The summed E-state index contributed by atoms with van der Waals surface area (Å²) in [4.78, 5) is 103. The summed E-state index contributed by atoms with van der Waals surface area (Å²) in [5.74, 6) is -4.82. The van der Waals surface area contributed by atoms with Crippen LogP contribution >= 0.6 is 0 Å². The standard InChI is InChI=1S/C58H90O20/c1-28(2)19-18-20-29(3)39-21-24-57(16)45(39)40(69-32(6)60)25-43-56(15)23-22-44(70-33(7)61)55(13,14)52(56)41(26-58(43,57)17)76-54-51(49(74-37(11)65)47(72-35(9)63)42(77-54)27-67-31(5)59)78-53-50(75-38(12)66)48(73-36(10)64)46(30(4)68-53)71-34(8)62/h28-30,39-54H,18-27H2,1-17H3/t29-,30+,39-,40-,41+,42-,43-,44+,45+,46+,47-,48-,49+,50-,51-,52+,53+,54-,56-,57-,58-/m1/s1. The molecule has 0 aromatic carbocycles. The van der Waals surface area contributed by atoms with E-state index in [9.17, 15) is 38.4 Å². The molecule has 78 heavy (non-hydrogen) atoms. The van der Waals surface area contributed by atoms with E-state index in [1.54, 1.807) is 0 Å². The summed E-state index contributed by atoms with van der Waals surface area (Å²) in [6, 6.07) is 0. The molecule has 4 aliphatic carbocycles. The molecule has 0 unspecified atom stereocenters. The second-order valence-corrected chi connectivity index (χ2v) is 25.1. The lowest BCUT2D eigenvalue weighted by atomic mass is 9.34. The zero-order valence-corrected chi connectivity index (χ0v) is 49.2. The Morgan fingerprint density at radius 1 is 0.538 bits per heavy atom. The first-order chi connectivity index (χ1) is 36.2. The third kappa shape index (κ3) is 13.2. The van der Waals surface area contributed by atoms with Gasteiger partial charge in [-0.15, -0.1) is 0 Å². The Bertz CT molecular complexity index is 2210. The fourth-order valence-electron chi connectivity index (χ4n) is 16.0. The highest BCUT2D eigenvalue weighted by Gasteiger charge is 2.74. The van der Waals surface area contributed by atoms with E-state index >= 15 is 0 Å². The molecule has 2 heterocycles. The van der Waals surface area contributed by atoms with Crippen LogP contribution in [0, 0.1) is 57.2 Å². The van der Waals surface area contributed by atoms with Gasteiger partial charge < -0.3 is 56.8 Å². The molecule has 0 bridgehead atoms. The lowest BCUT2D eigenvalue weighted by molar-refractivity contribution is -0.382. The zero-order chi connectivity index (χ0) is 58.1. The fourth-order valence-corrected chi connectivity index (χ4v) is 16.0. The van der Waals surface area contributed by atoms with Crippen LogP contribution in [-0.4, -0.2) is 134 Å². The first-order valence-electron chi connectivity index (χ1n) is 28.2. The quantitative estimate of drug-likeness (QED) is 0.0725.